The monoisotopic (exact) mass is 345 g/mol. The summed E-state index contributed by atoms with van der Waals surface area (Å²) < 4.78 is 5.47. The summed E-state index contributed by atoms with van der Waals surface area (Å²) in [5.41, 5.74) is 9.25. The normalized spacial score (nSPS) is 10.8. The fraction of sp³-hybridized carbons (Fsp3) is 0.0526. The second-order valence-electron chi connectivity index (χ2n) is 5.83. The molecule has 0 saturated heterocycles. The van der Waals surface area contributed by atoms with Crippen LogP contribution in [0.25, 0.3) is 22.1 Å². The Hall–Kier alpha value is -3.74. The van der Waals surface area contributed by atoms with Crippen LogP contribution in [0.4, 0.5) is 17.3 Å². The van der Waals surface area contributed by atoms with Crippen molar-refractivity contribution in [2.45, 2.75) is 6.92 Å². The van der Waals surface area contributed by atoms with E-state index in [1.54, 1.807) is 18.2 Å². The molecule has 0 radical (unpaired) electrons. The maximum Gasteiger partial charge on any atom is 0.344 e. The van der Waals surface area contributed by atoms with E-state index < -0.39 is 5.63 Å². The van der Waals surface area contributed by atoms with Crippen molar-refractivity contribution in [3.05, 3.63) is 71.1 Å². The van der Waals surface area contributed by atoms with Crippen LogP contribution in [0, 0.1) is 6.92 Å². The Morgan fingerprint density at radius 1 is 1.04 bits per heavy atom. The lowest BCUT2D eigenvalue weighted by Gasteiger charge is -2.14. The van der Waals surface area contributed by atoms with E-state index in [1.807, 2.05) is 31.2 Å². The zero-order valence-corrected chi connectivity index (χ0v) is 13.9. The van der Waals surface area contributed by atoms with Crippen molar-refractivity contribution in [2.75, 3.05) is 11.1 Å². The largest absolute Gasteiger partial charge is 0.422 e. The number of hydrogen-bond acceptors (Lipinski definition) is 7. The summed E-state index contributed by atoms with van der Waals surface area (Å²) in [6.45, 7) is 1.89. The SMILES string of the molecule is Cc1cc(N)cc(-c2cc3ccccc3oc2=O)c1Nc1ncncn1. The van der Waals surface area contributed by atoms with Crippen LogP contribution >= 0.6 is 0 Å². The van der Waals surface area contributed by atoms with E-state index in [0.29, 0.717) is 34.0 Å². The fourth-order valence-electron chi connectivity index (χ4n) is 2.86. The Morgan fingerprint density at radius 2 is 1.81 bits per heavy atom. The zero-order valence-electron chi connectivity index (χ0n) is 13.9. The number of nitrogens with one attached hydrogen (secondary N) is 1. The molecule has 0 aliphatic heterocycles. The van der Waals surface area contributed by atoms with Crippen molar-refractivity contribution in [1.29, 1.82) is 0 Å². The zero-order chi connectivity index (χ0) is 18.1. The maximum atomic E-state index is 12.6. The number of aryl methyl sites for hydroxylation is 1. The Morgan fingerprint density at radius 3 is 2.62 bits per heavy atom. The highest BCUT2D eigenvalue weighted by molar-refractivity contribution is 5.88. The third kappa shape index (κ3) is 2.86. The molecule has 0 amide bonds. The summed E-state index contributed by atoms with van der Waals surface area (Å²) in [5.74, 6) is 0.374. The summed E-state index contributed by atoms with van der Waals surface area (Å²) in [4.78, 5) is 24.5. The number of hydrogen-bond donors (Lipinski definition) is 2. The fourth-order valence-corrected chi connectivity index (χ4v) is 2.86. The minimum Gasteiger partial charge on any atom is -0.422 e. The summed E-state index contributed by atoms with van der Waals surface area (Å²) >= 11 is 0. The van der Waals surface area contributed by atoms with Crippen molar-refractivity contribution < 1.29 is 4.42 Å². The van der Waals surface area contributed by atoms with Crippen molar-refractivity contribution >= 4 is 28.3 Å². The van der Waals surface area contributed by atoms with Crippen LogP contribution in [-0.4, -0.2) is 15.0 Å². The molecule has 0 spiro atoms. The van der Waals surface area contributed by atoms with Gasteiger partial charge in [-0.15, -0.1) is 0 Å². The predicted molar refractivity (Wildman–Crippen MR) is 100 cm³/mol. The molecule has 3 N–H and O–H groups in total. The number of nitrogen functional groups attached to an aromatic ring is 1. The number of fused-ring (bicyclic) bond motifs is 1. The molecule has 0 aliphatic rings. The standard InChI is InChI=1S/C19H15N5O2/c1-11-6-13(20)8-14(17(11)24-19-22-9-21-10-23-19)15-7-12-4-2-3-5-16(12)26-18(15)25/h2-10H,20H2,1H3,(H,21,22,23,24). The van der Waals surface area contributed by atoms with E-state index in [0.717, 1.165) is 10.9 Å². The molecule has 4 rings (SSSR count). The molecule has 0 unspecified atom stereocenters. The highest BCUT2D eigenvalue weighted by Gasteiger charge is 2.15. The van der Waals surface area contributed by atoms with Gasteiger partial charge in [-0.05, 0) is 36.8 Å². The number of rotatable bonds is 3. The van der Waals surface area contributed by atoms with E-state index in [2.05, 4.69) is 20.3 Å². The van der Waals surface area contributed by atoms with Gasteiger partial charge in [0.1, 0.15) is 18.2 Å². The molecule has 2 heterocycles. The average molecular weight is 345 g/mol. The summed E-state index contributed by atoms with van der Waals surface area (Å²) in [7, 11) is 0. The first-order valence-electron chi connectivity index (χ1n) is 7.94. The summed E-state index contributed by atoms with van der Waals surface area (Å²) in [5, 5.41) is 3.97. The molecular formula is C19H15N5O2. The number of nitrogens with two attached hydrogens (primary N) is 1. The van der Waals surface area contributed by atoms with E-state index in [1.165, 1.54) is 12.7 Å². The first-order valence-corrected chi connectivity index (χ1v) is 7.94. The van der Waals surface area contributed by atoms with Gasteiger partial charge in [0, 0.05) is 16.6 Å². The highest BCUT2D eigenvalue weighted by atomic mass is 16.4. The van der Waals surface area contributed by atoms with Gasteiger partial charge in [0.25, 0.3) is 0 Å². The molecule has 128 valence electrons. The van der Waals surface area contributed by atoms with Crippen molar-refractivity contribution in [2.24, 2.45) is 0 Å². The molecule has 0 aliphatic carbocycles. The van der Waals surface area contributed by atoms with Gasteiger partial charge in [-0.2, -0.15) is 0 Å². The van der Waals surface area contributed by atoms with Crippen molar-refractivity contribution in [3.8, 4) is 11.1 Å². The maximum absolute atomic E-state index is 12.6. The molecule has 0 fully saturated rings. The van der Waals surface area contributed by atoms with Crippen LogP contribution in [-0.2, 0) is 0 Å². The van der Waals surface area contributed by atoms with Gasteiger partial charge in [-0.1, -0.05) is 18.2 Å². The molecule has 7 nitrogen and oxygen atoms in total. The van der Waals surface area contributed by atoms with E-state index in [4.69, 9.17) is 10.2 Å². The quantitative estimate of drug-likeness (QED) is 0.433. The number of benzene rings is 2. The van der Waals surface area contributed by atoms with Crippen LogP contribution in [0.15, 0.2) is 64.3 Å². The van der Waals surface area contributed by atoms with Gasteiger partial charge in [0.2, 0.25) is 5.95 Å². The van der Waals surface area contributed by atoms with Crippen LogP contribution < -0.4 is 16.7 Å². The predicted octanol–water partition coefficient (Wildman–Crippen LogP) is 3.28. The smallest absolute Gasteiger partial charge is 0.344 e. The summed E-state index contributed by atoms with van der Waals surface area (Å²) in [6.07, 6.45) is 2.79. The Kier molecular flexibility index (Phi) is 3.81. The van der Waals surface area contributed by atoms with Crippen molar-refractivity contribution in [3.63, 3.8) is 0 Å². The third-order valence-electron chi connectivity index (χ3n) is 4.02. The van der Waals surface area contributed by atoms with E-state index in [-0.39, 0.29) is 0 Å². The average Bonchev–Trinajstić information content (AvgIpc) is 2.64. The number of nitrogens with zero attached hydrogens (tertiary/aromatic N) is 3. The lowest BCUT2D eigenvalue weighted by molar-refractivity contribution is 0.563. The molecule has 26 heavy (non-hydrogen) atoms. The first kappa shape index (κ1) is 15.8. The van der Waals surface area contributed by atoms with Gasteiger partial charge in [0.05, 0.1) is 11.3 Å². The number of anilines is 3. The van der Waals surface area contributed by atoms with Gasteiger partial charge < -0.3 is 15.5 Å². The van der Waals surface area contributed by atoms with Gasteiger partial charge in [-0.3, -0.25) is 0 Å². The summed E-state index contributed by atoms with van der Waals surface area (Å²) in [6, 6.07) is 12.7. The van der Waals surface area contributed by atoms with Crippen LogP contribution in [0.1, 0.15) is 5.56 Å². The lowest BCUT2D eigenvalue weighted by Crippen LogP contribution is -2.07. The second kappa shape index (κ2) is 6.29. The number of para-hydroxylation sites is 1. The molecule has 4 aromatic rings. The van der Waals surface area contributed by atoms with E-state index in [9.17, 15) is 4.79 Å². The Balaban J connectivity index is 1.94. The van der Waals surface area contributed by atoms with Gasteiger partial charge in [-0.25, -0.2) is 19.7 Å². The van der Waals surface area contributed by atoms with Gasteiger partial charge >= 0.3 is 5.63 Å². The molecule has 0 atom stereocenters. The molecule has 0 saturated carbocycles. The highest BCUT2D eigenvalue weighted by Crippen LogP contribution is 2.34. The molecule has 2 aromatic carbocycles. The van der Waals surface area contributed by atoms with Gasteiger partial charge in [0.15, 0.2) is 0 Å². The lowest BCUT2D eigenvalue weighted by atomic mass is 10.00. The van der Waals surface area contributed by atoms with Crippen LogP contribution in [0.2, 0.25) is 0 Å². The topological polar surface area (TPSA) is 107 Å². The number of aromatic nitrogens is 3. The van der Waals surface area contributed by atoms with Crippen LogP contribution in [0.3, 0.4) is 0 Å². The molecular weight excluding hydrogens is 330 g/mol. The third-order valence-corrected chi connectivity index (χ3v) is 4.02. The van der Waals surface area contributed by atoms with E-state index >= 15 is 0 Å². The molecule has 7 heteroatoms. The van der Waals surface area contributed by atoms with Crippen LogP contribution in [0.5, 0.6) is 0 Å². The Bertz CT molecular complexity index is 1160. The second-order valence-corrected chi connectivity index (χ2v) is 5.83. The molecule has 0 bridgehead atoms. The first-order chi connectivity index (χ1) is 12.6. The minimum absolute atomic E-state index is 0.374. The molecule has 2 aromatic heterocycles. The van der Waals surface area contributed by atoms with Crippen molar-refractivity contribution in [1.82, 2.24) is 15.0 Å². The Labute approximate surface area is 148 Å². The minimum atomic E-state index is -0.438.